The molecule has 0 bridgehead atoms. The zero-order valence-corrected chi connectivity index (χ0v) is 14.1. The Kier molecular flexibility index (Phi) is 7.01. The van der Waals surface area contributed by atoms with Crippen molar-refractivity contribution in [2.24, 2.45) is 17.8 Å². The van der Waals surface area contributed by atoms with Gasteiger partial charge in [-0.25, -0.2) is 0 Å². The summed E-state index contributed by atoms with van der Waals surface area (Å²) in [5.41, 5.74) is 0. The van der Waals surface area contributed by atoms with Crippen LogP contribution >= 0.6 is 0 Å². The maximum atomic E-state index is 12.9. The van der Waals surface area contributed by atoms with E-state index in [2.05, 4.69) is 17.1 Å². The SMILES string of the molecule is CCCC(CC1CCCC1)C(=O)N1CCCC(CNC)C1. The first kappa shape index (κ1) is 16.8. The summed E-state index contributed by atoms with van der Waals surface area (Å²) in [7, 11) is 2.01. The molecule has 3 nitrogen and oxygen atoms in total. The van der Waals surface area contributed by atoms with Gasteiger partial charge in [0.05, 0.1) is 0 Å². The fraction of sp³-hybridized carbons (Fsp3) is 0.944. The molecule has 1 heterocycles. The number of piperidine rings is 1. The fourth-order valence-corrected chi connectivity index (χ4v) is 4.32. The topological polar surface area (TPSA) is 32.3 Å². The second-order valence-electron chi connectivity index (χ2n) is 7.22. The average Bonchev–Trinajstić information content (AvgIpc) is 3.00. The van der Waals surface area contributed by atoms with E-state index in [1.165, 1.54) is 38.5 Å². The van der Waals surface area contributed by atoms with Crippen LogP contribution in [0.1, 0.15) is 64.7 Å². The molecule has 21 heavy (non-hydrogen) atoms. The van der Waals surface area contributed by atoms with Crippen molar-refractivity contribution >= 4 is 5.91 Å². The average molecular weight is 294 g/mol. The molecule has 0 radical (unpaired) electrons. The number of rotatable bonds is 7. The van der Waals surface area contributed by atoms with Crippen molar-refractivity contribution in [3.8, 4) is 0 Å². The summed E-state index contributed by atoms with van der Waals surface area (Å²) in [5.74, 6) is 2.24. The van der Waals surface area contributed by atoms with Crippen molar-refractivity contribution in [2.45, 2.75) is 64.7 Å². The molecule has 2 rings (SSSR count). The Balaban J connectivity index is 1.89. The third-order valence-corrected chi connectivity index (χ3v) is 5.40. The van der Waals surface area contributed by atoms with Gasteiger partial charge in [0.15, 0.2) is 0 Å². The van der Waals surface area contributed by atoms with E-state index in [9.17, 15) is 4.79 Å². The van der Waals surface area contributed by atoms with Crippen molar-refractivity contribution in [2.75, 3.05) is 26.7 Å². The second-order valence-corrected chi connectivity index (χ2v) is 7.22. The molecule has 0 aromatic rings. The van der Waals surface area contributed by atoms with Crippen LogP contribution in [0.25, 0.3) is 0 Å². The highest BCUT2D eigenvalue weighted by molar-refractivity contribution is 5.79. The quantitative estimate of drug-likeness (QED) is 0.780. The van der Waals surface area contributed by atoms with Crippen LogP contribution in [-0.4, -0.2) is 37.5 Å². The van der Waals surface area contributed by atoms with Gasteiger partial charge in [-0.3, -0.25) is 4.79 Å². The molecular formula is C18H34N2O. The predicted octanol–water partition coefficient (Wildman–Crippen LogP) is 3.44. The van der Waals surface area contributed by atoms with Crippen LogP contribution in [0.4, 0.5) is 0 Å². The third kappa shape index (κ3) is 4.98. The molecule has 0 spiro atoms. The molecule has 122 valence electrons. The van der Waals surface area contributed by atoms with Crippen molar-refractivity contribution in [3.63, 3.8) is 0 Å². The van der Waals surface area contributed by atoms with Gasteiger partial charge in [0.2, 0.25) is 5.91 Å². The second kappa shape index (κ2) is 8.77. The van der Waals surface area contributed by atoms with E-state index in [0.29, 0.717) is 17.7 Å². The summed E-state index contributed by atoms with van der Waals surface area (Å²) < 4.78 is 0. The molecule has 2 atom stereocenters. The van der Waals surface area contributed by atoms with E-state index in [0.717, 1.165) is 44.8 Å². The number of carbonyl (C=O) groups is 1. The number of nitrogens with one attached hydrogen (secondary N) is 1. The number of likely N-dealkylation sites (tertiary alicyclic amines) is 1. The molecule has 1 aliphatic carbocycles. The first-order valence-corrected chi connectivity index (χ1v) is 9.18. The smallest absolute Gasteiger partial charge is 0.225 e. The maximum Gasteiger partial charge on any atom is 0.225 e. The highest BCUT2D eigenvalue weighted by atomic mass is 16.2. The van der Waals surface area contributed by atoms with Crippen molar-refractivity contribution in [1.29, 1.82) is 0 Å². The van der Waals surface area contributed by atoms with Gasteiger partial charge in [-0.2, -0.15) is 0 Å². The van der Waals surface area contributed by atoms with Crippen LogP contribution in [0.15, 0.2) is 0 Å². The minimum atomic E-state index is 0.298. The normalized spacial score (nSPS) is 25.2. The van der Waals surface area contributed by atoms with Gasteiger partial charge in [0.25, 0.3) is 0 Å². The van der Waals surface area contributed by atoms with Crippen molar-refractivity contribution in [1.82, 2.24) is 10.2 Å². The lowest BCUT2D eigenvalue weighted by Crippen LogP contribution is -2.45. The summed E-state index contributed by atoms with van der Waals surface area (Å²) >= 11 is 0. The third-order valence-electron chi connectivity index (χ3n) is 5.40. The fourth-order valence-electron chi connectivity index (χ4n) is 4.32. The minimum Gasteiger partial charge on any atom is -0.342 e. The van der Waals surface area contributed by atoms with Crippen LogP contribution in [0.3, 0.4) is 0 Å². The molecule has 2 fully saturated rings. The molecule has 2 unspecified atom stereocenters. The van der Waals surface area contributed by atoms with Gasteiger partial charge < -0.3 is 10.2 Å². The van der Waals surface area contributed by atoms with Crippen molar-refractivity contribution < 1.29 is 4.79 Å². The molecule has 3 heteroatoms. The van der Waals surface area contributed by atoms with E-state index < -0.39 is 0 Å². The zero-order valence-electron chi connectivity index (χ0n) is 14.1. The van der Waals surface area contributed by atoms with Crippen LogP contribution in [0.2, 0.25) is 0 Å². The van der Waals surface area contributed by atoms with E-state index in [1.807, 2.05) is 7.05 Å². The van der Waals surface area contributed by atoms with E-state index >= 15 is 0 Å². The maximum absolute atomic E-state index is 12.9. The van der Waals surface area contributed by atoms with Crippen molar-refractivity contribution in [3.05, 3.63) is 0 Å². The monoisotopic (exact) mass is 294 g/mol. The minimum absolute atomic E-state index is 0.298. The summed E-state index contributed by atoms with van der Waals surface area (Å²) in [6.07, 6.45) is 11.3. The van der Waals surface area contributed by atoms with Crippen LogP contribution in [-0.2, 0) is 4.79 Å². The lowest BCUT2D eigenvalue weighted by Gasteiger charge is -2.35. The Morgan fingerprint density at radius 1 is 1.19 bits per heavy atom. The zero-order chi connectivity index (χ0) is 15.1. The van der Waals surface area contributed by atoms with E-state index in [1.54, 1.807) is 0 Å². The van der Waals surface area contributed by atoms with E-state index in [4.69, 9.17) is 0 Å². The Bertz CT molecular complexity index is 310. The number of carbonyl (C=O) groups excluding carboxylic acids is 1. The first-order chi connectivity index (χ1) is 10.2. The van der Waals surface area contributed by atoms with Gasteiger partial charge >= 0.3 is 0 Å². The molecule has 1 saturated carbocycles. The van der Waals surface area contributed by atoms with E-state index in [-0.39, 0.29) is 0 Å². The van der Waals surface area contributed by atoms with Gasteiger partial charge in [-0.05, 0) is 51.1 Å². The number of hydrogen-bond acceptors (Lipinski definition) is 2. The molecule has 0 aromatic carbocycles. The van der Waals surface area contributed by atoms with Gasteiger partial charge in [-0.1, -0.05) is 39.0 Å². The van der Waals surface area contributed by atoms with Crippen LogP contribution < -0.4 is 5.32 Å². The van der Waals surface area contributed by atoms with Gasteiger partial charge in [0, 0.05) is 19.0 Å². The molecule has 0 aromatic heterocycles. The Labute approximate surface area is 130 Å². The predicted molar refractivity (Wildman–Crippen MR) is 88.2 cm³/mol. The standard InChI is InChI=1S/C18H34N2O/c1-3-7-17(12-15-8-4-5-9-15)18(21)20-11-6-10-16(14-20)13-19-2/h15-17,19H,3-14H2,1-2H3. The molecule has 1 aliphatic heterocycles. The summed E-state index contributed by atoms with van der Waals surface area (Å²) in [6.45, 7) is 5.23. The Morgan fingerprint density at radius 2 is 1.90 bits per heavy atom. The lowest BCUT2D eigenvalue weighted by atomic mass is 9.88. The Morgan fingerprint density at radius 3 is 2.57 bits per heavy atom. The number of nitrogens with zero attached hydrogens (tertiary/aromatic N) is 1. The summed E-state index contributed by atoms with van der Waals surface area (Å²) in [5, 5.41) is 3.27. The molecule has 2 aliphatic rings. The molecule has 1 saturated heterocycles. The van der Waals surface area contributed by atoms with Crippen LogP contribution in [0.5, 0.6) is 0 Å². The summed E-state index contributed by atoms with van der Waals surface area (Å²) in [4.78, 5) is 15.1. The van der Waals surface area contributed by atoms with Crippen LogP contribution in [0, 0.1) is 17.8 Å². The summed E-state index contributed by atoms with van der Waals surface area (Å²) in [6, 6.07) is 0. The Hall–Kier alpha value is -0.570. The molecule has 1 N–H and O–H groups in total. The lowest BCUT2D eigenvalue weighted by molar-refractivity contribution is -0.138. The van der Waals surface area contributed by atoms with Gasteiger partial charge in [0.1, 0.15) is 0 Å². The first-order valence-electron chi connectivity index (χ1n) is 9.18. The largest absolute Gasteiger partial charge is 0.342 e. The molecular weight excluding hydrogens is 260 g/mol. The highest BCUT2D eigenvalue weighted by Crippen LogP contribution is 2.33. The highest BCUT2D eigenvalue weighted by Gasteiger charge is 2.30. The number of amides is 1. The van der Waals surface area contributed by atoms with Gasteiger partial charge in [-0.15, -0.1) is 0 Å². The number of hydrogen-bond donors (Lipinski definition) is 1. The molecule has 1 amide bonds.